The molecular formula is C24H16ClN7O3S. The van der Waals surface area contributed by atoms with Crippen molar-refractivity contribution < 1.29 is 9.72 Å². The summed E-state index contributed by atoms with van der Waals surface area (Å²) in [5, 5.41) is 36.3. The fourth-order valence-corrected chi connectivity index (χ4v) is 4.17. The summed E-state index contributed by atoms with van der Waals surface area (Å²) in [7, 11) is 0. The summed E-state index contributed by atoms with van der Waals surface area (Å²) in [4.78, 5) is 24.2. The molecule has 1 aromatic heterocycles. The number of tetrazole rings is 1. The van der Waals surface area contributed by atoms with Gasteiger partial charge in [-0.1, -0.05) is 41.9 Å². The summed E-state index contributed by atoms with van der Waals surface area (Å²) < 4.78 is 1.47. The number of nitrogens with one attached hydrogen (secondary N) is 1. The molecule has 3 aromatic carbocycles. The molecule has 0 aliphatic rings. The Morgan fingerprint density at radius 2 is 1.97 bits per heavy atom. The number of benzene rings is 3. The molecule has 12 heteroatoms. The molecule has 4 aromatic rings. The van der Waals surface area contributed by atoms with E-state index in [1.54, 1.807) is 24.3 Å². The summed E-state index contributed by atoms with van der Waals surface area (Å²) in [6.07, 6.45) is 1.28. The lowest BCUT2D eigenvalue weighted by molar-refractivity contribution is -0.387. The van der Waals surface area contributed by atoms with E-state index in [-0.39, 0.29) is 11.3 Å². The number of aromatic nitrogens is 4. The van der Waals surface area contributed by atoms with Crippen LogP contribution in [0.15, 0.2) is 82.4 Å². The number of nitro benzene ring substituents is 1. The lowest BCUT2D eigenvalue weighted by Gasteiger charge is -2.07. The average molecular weight is 518 g/mol. The van der Waals surface area contributed by atoms with Gasteiger partial charge in [-0.15, -0.1) is 5.10 Å². The smallest absolute Gasteiger partial charge is 0.283 e. The quantitative estimate of drug-likeness (QED) is 0.152. The Kier molecular flexibility index (Phi) is 7.39. The highest BCUT2D eigenvalue weighted by Crippen LogP contribution is 2.35. The number of carbonyl (C=O) groups excluding carboxylic acids is 1. The molecule has 0 saturated heterocycles. The van der Waals surface area contributed by atoms with Gasteiger partial charge in [-0.05, 0) is 76.6 Å². The Morgan fingerprint density at radius 1 is 1.19 bits per heavy atom. The zero-order valence-electron chi connectivity index (χ0n) is 18.6. The molecule has 0 saturated carbocycles. The Balaban J connectivity index is 1.60. The zero-order valence-corrected chi connectivity index (χ0v) is 20.2. The van der Waals surface area contributed by atoms with E-state index in [0.29, 0.717) is 32.0 Å². The van der Waals surface area contributed by atoms with Crippen molar-refractivity contribution in [2.75, 3.05) is 5.32 Å². The van der Waals surface area contributed by atoms with E-state index in [1.807, 2.05) is 43.3 Å². The first-order valence-corrected chi connectivity index (χ1v) is 11.5. The van der Waals surface area contributed by atoms with Gasteiger partial charge in [-0.3, -0.25) is 14.9 Å². The molecule has 0 aliphatic heterocycles. The average Bonchev–Trinajstić information content (AvgIpc) is 3.34. The minimum atomic E-state index is -0.666. The molecule has 36 heavy (non-hydrogen) atoms. The monoisotopic (exact) mass is 517 g/mol. The van der Waals surface area contributed by atoms with Crippen LogP contribution < -0.4 is 5.32 Å². The number of nitrogens with zero attached hydrogens (tertiary/aromatic N) is 6. The number of rotatable bonds is 7. The molecule has 0 aliphatic carbocycles. The van der Waals surface area contributed by atoms with Gasteiger partial charge < -0.3 is 5.32 Å². The van der Waals surface area contributed by atoms with Crippen molar-refractivity contribution in [2.45, 2.75) is 17.0 Å². The second kappa shape index (κ2) is 10.8. The highest BCUT2D eigenvalue weighted by molar-refractivity contribution is 7.99. The molecule has 0 fully saturated rings. The molecule has 0 spiro atoms. The van der Waals surface area contributed by atoms with Gasteiger partial charge in [-0.2, -0.15) is 9.94 Å². The van der Waals surface area contributed by atoms with E-state index in [1.165, 1.54) is 22.9 Å². The van der Waals surface area contributed by atoms with Crippen LogP contribution in [-0.2, 0) is 4.79 Å². The lowest BCUT2D eigenvalue weighted by atomic mass is 10.1. The number of aryl methyl sites for hydroxylation is 1. The van der Waals surface area contributed by atoms with E-state index in [2.05, 4.69) is 20.8 Å². The zero-order chi connectivity index (χ0) is 25.7. The predicted molar refractivity (Wildman–Crippen MR) is 135 cm³/mol. The molecule has 0 bridgehead atoms. The van der Waals surface area contributed by atoms with Gasteiger partial charge in [0.1, 0.15) is 11.6 Å². The molecule has 0 atom stereocenters. The fraction of sp³-hybridized carbons (Fsp3) is 0.0417. The van der Waals surface area contributed by atoms with E-state index in [9.17, 15) is 20.2 Å². The van der Waals surface area contributed by atoms with Gasteiger partial charge in [0.15, 0.2) is 0 Å². The molecule has 178 valence electrons. The van der Waals surface area contributed by atoms with E-state index >= 15 is 0 Å². The van der Waals surface area contributed by atoms with Crippen LogP contribution in [0, 0.1) is 28.4 Å². The van der Waals surface area contributed by atoms with Crippen LogP contribution in [0.25, 0.3) is 11.8 Å². The molecule has 4 rings (SSSR count). The number of halogens is 1. The Bertz CT molecular complexity index is 1530. The standard InChI is InChI=1S/C24H16ClN7O3S/c1-15-7-9-18(13-20(15)25)27-23(33)17(14-26)11-16-8-10-22(21(12-16)32(34)35)36-24-28-29-30-31(24)19-5-3-2-4-6-19/h2-13H,1H3,(H,27,33)/b17-11+. The number of nitro groups is 1. The summed E-state index contributed by atoms with van der Waals surface area (Å²) in [6.45, 7) is 1.82. The van der Waals surface area contributed by atoms with Crippen LogP contribution in [0.5, 0.6) is 0 Å². The van der Waals surface area contributed by atoms with Crippen molar-refractivity contribution in [1.82, 2.24) is 20.2 Å². The molecule has 1 N–H and O–H groups in total. The van der Waals surface area contributed by atoms with Gasteiger partial charge in [0.05, 0.1) is 15.5 Å². The fourth-order valence-electron chi connectivity index (χ4n) is 3.11. The normalized spacial score (nSPS) is 11.1. The maximum atomic E-state index is 12.6. The minimum absolute atomic E-state index is 0.223. The third kappa shape index (κ3) is 5.57. The Labute approximate surface area is 214 Å². The molecule has 1 heterocycles. The first-order valence-electron chi connectivity index (χ1n) is 10.3. The molecule has 1 amide bonds. The number of nitriles is 1. The Hall–Kier alpha value is -4.53. The predicted octanol–water partition coefficient (Wildman–Crippen LogP) is 5.23. The Morgan fingerprint density at radius 3 is 2.67 bits per heavy atom. The second-order valence-corrected chi connectivity index (χ2v) is 8.80. The maximum Gasteiger partial charge on any atom is 0.283 e. The van der Waals surface area contributed by atoms with Crippen LogP contribution in [0.1, 0.15) is 11.1 Å². The van der Waals surface area contributed by atoms with E-state index in [0.717, 1.165) is 17.3 Å². The summed E-state index contributed by atoms with van der Waals surface area (Å²) in [5.41, 5.74) is 1.82. The molecular weight excluding hydrogens is 502 g/mol. The van der Waals surface area contributed by atoms with E-state index < -0.39 is 10.8 Å². The highest BCUT2D eigenvalue weighted by atomic mass is 35.5. The number of hydrogen-bond acceptors (Lipinski definition) is 8. The van der Waals surface area contributed by atoms with Gasteiger partial charge in [0, 0.05) is 16.8 Å². The van der Waals surface area contributed by atoms with Crippen LogP contribution >= 0.6 is 23.4 Å². The minimum Gasteiger partial charge on any atom is -0.321 e. The number of anilines is 1. The molecule has 0 unspecified atom stereocenters. The van der Waals surface area contributed by atoms with Gasteiger partial charge in [0.2, 0.25) is 5.16 Å². The third-order valence-electron chi connectivity index (χ3n) is 4.93. The highest BCUT2D eigenvalue weighted by Gasteiger charge is 2.20. The summed E-state index contributed by atoms with van der Waals surface area (Å²) in [5.74, 6) is -0.666. The number of para-hydroxylation sites is 1. The van der Waals surface area contributed by atoms with Gasteiger partial charge in [-0.25, -0.2) is 0 Å². The van der Waals surface area contributed by atoms with Gasteiger partial charge >= 0.3 is 0 Å². The number of carbonyl (C=O) groups is 1. The number of hydrogen-bond donors (Lipinski definition) is 1. The summed E-state index contributed by atoms with van der Waals surface area (Å²) in [6, 6.07) is 20.3. The lowest BCUT2D eigenvalue weighted by Crippen LogP contribution is -2.13. The summed E-state index contributed by atoms with van der Waals surface area (Å²) >= 11 is 7.11. The third-order valence-corrected chi connectivity index (χ3v) is 6.34. The van der Waals surface area contributed by atoms with Crippen LogP contribution in [-0.4, -0.2) is 31.0 Å². The second-order valence-electron chi connectivity index (χ2n) is 7.38. The van der Waals surface area contributed by atoms with Crippen molar-refractivity contribution in [2.24, 2.45) is 0 Å². The van der Waals surface area contributed by atoms with Gasteiger partial charge in [0.25, 0.3) is 11.6 Å². The topological polar surface area (TPSA) is 140 Å². The number of amides is 1. The van der Waals surface area contributed by atoms with Crippen LogP contribution in [0.3, 0.4) is 0 Å². The van der Waals surface area contributed by atoms with Crippen molar-refractivity contribution in [3.8, 4) is 11.8 Å². The van der Waals surface area contributed by atoms with Crippen molar-refractivity contribution >= 4 is 46.7 Å². The maximum absolute atomic E-state index is 12.6. The first-order chi connectivity index (χ1) is 17.4. The molecule has 0 radical (unpaired) electrons. The molecule has 10 nitrogen and oxygen atoms in total. The SMILES string of the molecule is Cc1ccc(NC(=O)/C(C#N)=C/c2ccc(Sc3nnnn3-c3ccccc3)c([N+](=O)[O-])c2)cc1Cl. The van der Waals surface area contributed by atoms with Crippen molar-refractivity contribution in [3.63, 3.8) is 0 Å². The van der Waals surface area contributed by atoms with Crippen LogP contribution in [0.4, 0.5) is 11.4 Å². The van der Waals surface area contributed by atoms with Crippen molar-refractivity contribution in [1.29, 1.82) is 5.26 Å². The van der Waals surface area contributed by atoms with Crippen molar-refractivity contribution in [3.05, 3.63) is 98.6 Å². The van der Waals surface area contributed by atoms with Crippen LogP contribution in [0.2, 0.25) is 5.02 Å². The van der Waals surface area contributed by atoms with E-state index in [4.69, 9.17) is 11.6 Å². The first kappa shape index (κ1) is 24.6. The largest absolute Gasteiger partial charge is 0.321 e.